The van der Waals surface area contributed by atoms with Gasteiger partial charge in [0.15, 0.2) is 11.9 Å². The lowest BCUT2D eigenvalue weighted by atomic mass is 10.1. The normalized spacial score (nSPS) is 16.6. The number of carbonyl (C=O) groups is 3. The van der Waals surface area contributed by atoms with Gasteiger partial charge in [-0.2, -0.15) is 0 Å². The summed E-state index contributed by atoms with van der Waals surface area (Å²) in [6, 6.07) is 10.7. The van der Waals surface area contributed by atoms with Crippen LogP contribution in [0.15, 0.2) is 42.5 Å². The first-order valence-corrected chi connectivity index (χ1v) is 9.64. The van der Waals surface area contributed by atoms with E-state index in [1.165, 1.54) is 18.2 Å². The van der Waals surface area contributed by atoms with Crippen molar-refractivity contribution in [1.29, 1.82) is 0 Å². The Balaban J connectivity index is 1.65. The SMILES string of the molecule is CC1Oc2ccc(C(=O)CS(=O)Cc3ccc(C(=O)O)cc3)cc2NC1=O. The molecular formula is C19H17NO6S. The third-order valence-electron chi connectivity index (χ3n) is 4.05. The monoisotopic (exact) mass is 387 g/mol. The van der Waals surface area contributed by atoms with Gasteiger partial charge in [0.05, 0.1) is 17.0 Å². The molecule has 0 aliphatic carbocycles. The Hall–Kier alpha value is -3.00. The molecule has 0 saturated heterocycles. The summed E-state index contributed by atoms with van der Waals surface area (Å²) < 4.78 is 17.7. The number of rotatable bonds is 6. The second-order valence-corrected chi connectivity index (χ2v) is 7.57. The van der Waals surface area contributed by atoms with Crippen molar-refractivity contribution in [1.82, 2.24) is 0 Å². The van der Waals surface area contributed by atoms with E-state index in [4.69, 9.17) is 9.84 Å². The zero-order valence-corrected chi connectivity index (χ0v) is 15.2. The van der Waals surface area contributed by atoms with Gasteiger partial charge < -0.3 is 15.2 Å². The number of ether oxygens (including phenoxy) is 1. The van der Waals surface area contributed by atoms with Gasteiger partial charge in [-0.3, -0.25) is 13.8 Å². The van der Waals surface area contributed by atoms with Crippen molar-refractivity contribution < 1.29 is 28.4 Å². The molecule has 3 rings (SSSR count). The molecule has 0 bridgehead atoms. The first kappa shape index (κ1) is 18.8. The lowest BCUT2D eigenvalue weighted by Crippen LogP contribution is -2.34. The Morgan fingerprint density at radius 1 is 1.15 bits per heavy atom. The van der Waals surface area contributed by atoms with Crippen LogP contribution < -0.4 is 10.1 Å². The van der Waals surface area contributed by atoms with Crippen molar-refractivity contribution in [3.8, 4) is 5.75 Å². The predicted octanol–water partition coefficient (Wildman–Crippen LogP) is 2.24. The van der Waals surface area contributed by atoms with E-state index in [-0.39, 0.29) is 28.8 Å². The predicted molar refractivity (Wildman–Crippen MR) is 99.6 cm³/mol. The molecule has 0 fully saturated rings. The lowest BCUT2D eigenvalue weighted by Gasteiger charge is -2.23. The van der Waals surface area contributed by atoms with Crippen molar-refractivity contribution in [2.45, 2.75) is 18.8 Å². The molecule has 2 unspecified atom stereocenters. The number of ketones is 1. The minimum atomic E-state index is -1.45. The average molecular weight is 387 g/mol. The molecule has 1 aliphatic rings. The standard InChI is InChI=1S/C19H17NO6S/c1-11-18(22)20-15-8-14(6-7-17(15)26-11)16(21)10-27(25)9-12-2-4-13(5-3-12)19(23)24/h2-8,11H,9-10H2,1H3,(H,20,22)(H,23,24). The number of carboxylic acids is 1. The number of nitrogens with one attached hydrogen (secondary N) is 1. The minimum Gasteiger partial charge on any atom is -0.479 e. The highest BCUT2D eigenvalue weighted by Gasteiger charge is 2.24. The first-order chi connectivity index (χ1) is 12.8. The second kappa shape index (κ2) is 7.71. The molecule has 1 amide bonds. The van der Waals surface area contributed by atoms with E-state index in [1.54, 1.807) is 31.2 Å². The number of anilines is 1. The molecule has 2 atom stereocenters. The Kier molecular flexibility index (Phi) is 5.36. The Bertz CT molecular complexity index is 938. The molecule has 2 aromatic carbocycles. The van der Waals surface area contributed by atoms with Crippen LogP contribution in [-0.2, 0) is 21.3 Å². The molecule has 2 N–H and O–H groups in total. The number of carbonyl (C=O) groups excluding carboxylic acids is 2. The fraction of sp³-hybridized carbons (Fsp3) is 0.211. The number of carboxylic acid groups (broad SMARTS) is 1. The van der Waals surface area contributed by atoms with Crippen LogP contribution in [0.5, 0.6) is 5.75 Å². The number of hydrogen-bond acceptors (Lipinski definition) is 5. The van der Waals surface area contributed by atoms with E-state index in [9.17, 15) is 18.6 Å². The van der Waals surface area contributed by atoms with Crippen LogP contribution in [0.2, 0.25) is 0 Å². The summed E-state index contributed by atoms with van der Waals surface area (Å²) in [6.07, 6.45) is -0.598. The van der Waals surface area contributed by atoms with Crippen molar-refractivity contribution in [3.05, 3.63) is 59.2 Å². The average Bonchev–Trinajstić information content (AvgIpc) is 2.62. The number of amides is 1. The minimum absolute atomic E-state index is 0.147. The first-order valence-electron chi connectivity index (χ1n) is 8.15. The second-order valence-electron chi connectivity index (χ2n) is 6.11. The summed E-state index contributed by atoms with van der Waals surface area (Å²) in [5, 5.41) is 11.6. The van der Waals surface area contributed by atoms with Gasteiger partial charge in [-0.15, -0.1) is 0 Å². The Labute approximate surface area is 157 Å². The topological polar surface area (TPSA) is 110 Å². The van der Waals surface area contributed by atoms with E-state index in [0.717, 1.165) is 0 Å². The zero-order chi connectivity index (χ0) is 19.6. The highest BCUT2D eigenvalue weighted by Crippen LogP contribution is 2.30. The maximum absolute atomic E-state index is 12.4. The van der Waals surface area contributed by atoms with Crippen LogP contribution >= 0.6 is 0 Å². The highest BCUT2D eigenvalue weighted by molar-refractivity contribution is 7.85. The largest absolute Gasteiger partial charge is 0.479 e. The summed E-state index contributed by atoms with van der Waals surface area (Å²) in [5.74, 6) is -1.18. The molecule has 27 heavy (non-hydrogen) atoms. The van der Waals surface area contributed by atoms with Gasteiger partial charge in [0.25, 0.3) is 5.91 Å². The lowest BCUT2D eigenvalue weighted by molar-refractivity contribution is -0.122. The van der Waals surface area contributed by atoms with Gasteiger partial charge in [0.1, 0.15) is 5.75 Å². The maximum Gasteiger partial charge on any atom is 0.335 e. The van der Waals surface area contributed by atoms with Crippen molar-refractivity contribution in [2.75, 3.05) is 11.1 Å². The van der Waals surface area contributed by atoms with Crippen LogP contribution in [0.1, 0.15) is 33.2 Å². The number of benzene rings is 2. The summed E-state index contributed by atoms with van der Waals surface area (Å²) in [6.45, 7) is 1.63. The van der Waals surface area contributed by atoms with E-state index >= 15 is 0 Å². The van der Waals surface area contributed by atoms with E-state index < -0.39 is 22.9 Å². The smallest absolute Gasteiger partial charge is 0.335 e. The molecule has 0 aromatic heterocycles. The van der Waals surface area contributed by atoms with Crippen molar-refractivity contribution >= 4 is 34.1 Å². The quantitative estimate of drug-likeness (QED) is 0.736. The fourth-order valence-corrected chi connectivity index (χ4v) is 3.72. The molecule has 140 valence electrons. The molecule has 0 spiro atoms. The van der Waals surface area contributed by atoms with Crippen LogP contribution in [0, 0.1) is 0 Å². The summed E-state index contributed by atoms with van der Waals surface area (Å²) in [5.41, 5.74) is 1.58. The van der Waals surface area contributed by atoms with Crippen LogP contribution in [0.3, 0.4) is 0 Å². The molecule has 2 aromatic rings. The molecular weight excluding hydrogens is 370 g/mol. The van der Waals surface area contributed by atoms with E-state index in [0.29, 0.717) is 22.6 Å². The molecule has 8 heteroatoms. The van der Waals surface area contributed by atoms with E-state index in [1.807, 2.05) is 0 Å². The Morgan fingerprint density at radius 2 is 1.81 bits per heavy atom. The zero-order valence-electron chi connectivity index (χ0n) is 14.4. The third kappa shape index (κ3) is 4.40. The van der Waals surface area contributed by atoms with Gasteiger partial charge in [0.2, 0.25) is 0 Å². The molecule has 0 radical (unpaired) electrons. The van der Waals surface area contributed by atoms with Gasteiger partial charge in [-0.25, -0.2) is 4.79 Å². The third-order valence-corrected chi connectivity index (χ3v) is 5.29. The van der Waals surface area contributed by atoms with Gasteiger partial charge >= 0.3 is 5.97 Å². The van der Waals surface area contributed by atoms with Gasteiger partial charge in [0, 0.05) is 22.1 Å². The van der Waals surface area contributed by atoms with Crippen LogP contribution in [0.4, 0.5) is 5.69 Å². The molecule has 7 nitrogen and oxygen atoms in total. The van der Waals surface area contributed by atoms with Crippen molar-refractivity contribution in [3.63, 3.8) is 0 Å². The van der Waals surface area contributed by atoms with Crippen molar-refractivity contribution in [2.24, 2.45) is 0 Å². The Morgan fingerprint density at radius 3 is 2.48 bits per heavy atom. The summed E-state index contributed by atoms with van der Waals surface area (Å²) in [7, 11) is -1.45. The number of fused-ring (bicyclic) bond motifs is 1. The summed E-state index contributed by atoms with van der Waals surface area (Å²) in [4.78, 5) is 34.9. The number of hydrogen-bond donors (Lipinski definition) is 2. The number of aromatic carboxylic acids is 1. The molecule has 0 saturated carbocycles. The van der Waals surface area contributed by atoms with Crippen LogP contribution in [0.25, 0.3) is 0 Å². The fourth-order valence-electron chi connectivity index (χ4n) is 2.59. The van der Waals surface area contributed by atoms with Gasteiger partial charge in [-0.05, 0) is 42.8 Å². The van der Waals surface area contributed by atoms with Gasteiger partial charge in [-0.1, -0.05) is 12.1 Å². The summed E-state index contributed by atoms with van der Waals surface area (Å²) >= 11 is 0. The number of Topliss-reactive ketones (excluding diaryl/α,β-unsaturated/α-hetero) is 1. The van der Waals surface area contributed by atoms with E-state index in [2.05, 4.69) is 5.32 Å². The van der Waals surface area contributed by atoms with Crippen LogP contribution in [-0.4, -0.2) is 38.8 Å². The molecule has 1 aliphatic heterocycles. The maximum atomic E-state index is 12.4. The molecule has 1 heterocycles. The highest BCUT2D eigenvalue weighted by atomic mass is 32.2.